The van der Waals surface area contributed by atoms with Crippen LogP contribution >= 0.6 is 0 Å². The highest BCUT2D eigenvalue weighted by atomic mass is 16.7. The number of hydrogen-bond donors (Lipinski definition) is 1. The Bertz CT molecular complexity index is 537. The summed E-state index contributed by atoms with van der Waals surface area (Å²) in [4.78, 5) is 4.28. The van der Waals surface area contributed by atoms with Crippen LogP contribution in [0.4, 0.5) is 5.69 Å². The highest BCUT2D eigenvalue weighted by molar-refractivity contribution is 6.52. The van der Waals surface area contributed by atoms with E-state index >= 15 is 0 Å². The molecular weight excluding hydrogens is 251 g/mol. The highest BCUT2D eigenvalue weighted by Crippen LogP contribution is 2.37. The van der Waals surface area contributed by atoms with Crippen LogP contribution < -0.4 is 5.73 Å². The monoisotopic (exact) mass is 274 g/mol. The van der Waals surface area contributed by atoms with Gasteiger partial charge in [-0.05, 0) is 52.7 Å². The Morgan fingerprint density at radius 2 is 1.70 bits per heavy atom. The van der Waals surface area contributed by atoms with Crippen LogP contribution in [0.25, 0.3) is 6.08 Å². The number of nitrogens with two attached hydrogens (primary N) is 1. The molecule has 4 nitrogen and oxygen atoms in total. The molecule has 0 spiro atoms. The predicted molar refractivity (Wildman–Crippen MR) is 83.2 cm³/mol. The van der Waals surface area contributed by atoms with Crippen molar-refractivity contribution in [3.63, 3.8) is 0 Å². The van der Waals surface area contributed by atoms with Crippen LogP contribution in [0.3, 0.4) is 0 Å². The second-order valence-corrected chi connectivity index (χ2v) is 6.32. The van der Waals surface area contributed by atoms with E-state index in [-0.39, 0.29) is 18.3 Å². The molecule has 0 aromatic carbocycles. The van der Waals surface area contributed by atoms with Crippen LogP contribution in [0.5, 0.6) is 0 Å². The van der Waals surface area contributed by atoms with E-state index in [2.05, 4.69) is 4.98 Å². The number of aryl methyl sites for hydroxylation is 1. The van der Waals surface area contributed by atoms with Gasteiger partial charge in [-0.2, -0.15) is 0 Å². The van der Waals surface area contributed by atoms with Gasteiger partial charge in [-0.25, -0.2) is 0 Å². The maximum atomic E-state index is 5.94. The number of aromatic nitrogens is 1. The first-order valence-corrected chi connectivity index (χ1v) is 6.89. The zero-order valence-corrected chi connectivity index (χ0v) is 13.2. The van der Waals surface area contributed by atoms with Gasteiger partial charge in [-0.3, -0.25) is 4.98 Å². The lowest BCUT2D eigenvalue weighted by molar-refractivity contribution is 0.00578. The summed E-state index contributed by atoms with van der Waals surface area (Å²) in [6, 6.07) is 0. The van der Waals surface area contributed by atoms with Gasteiger partial charge < -0.3 is 15.0 Å². The molecule has 1 aliphatic heterocycles. The molecule has 2 N–H and O–H groups in total. The molecule has 108 valence electrons. The molecule has 1 aliphatic rings. The molecule has 1 saturated heterocycles. The highest BCUT2D eigenvalue weighted by Gasteiger charge is 2.50. The van der Waals surface area contributed by atoms with Crippen molar-refractivity contribution < 1.29 is 9.31 Å². The second-order valence-electron chi connectivity index (χ2n) is 6.32. The van der Waals surface area contributed by atoms with Crippen LogP contribution in [-0.4, -0.2) is 23.3 Å². The third kappa shape index (κ3) is 2.60. The normalized spacial score (nSPS) is 20.8. The smallest absolute Gasteiger partial charge is 0.400 e. The molecule has 5 heteroatoms. The largest absolute Gasteiger partial charge is 0.487 e. The van der Waals surface area contributed by atoms with Crippen molar-refractivity contribution in [2.75, 3.05) is 5.73 Å². The van der Waals surface area contributed by atoms with Gasteiger partial charge in [0.15, 0.2) is 0 Å². The topological polar surface area (TPSA) is 57.4 Å². The molecule has 0 unspecified atom stereocenters. The summed E-state index contributed by atoms with van der Waals surface area (Å²) in [6.07, 6.45) is 3.67. The summed E-state index contributed by atoms with van der Waals surface area (Å²) in [5, 5.41) is 0. The number of anilines is 1. The van der Waals surface area contributed by atoms with Crippen molar-refractivity contribution in [1.29, 1.82) is 0 Å². The number of nitrogen functional groups attached to an aromatic ring is 1. The van der Waals surface area contributed by atoms with Crippen molar-refractivity contribution in [2.45, 2.75) is 52.7 Å². The molecule has 0 bridgehead atoms. The van der Waals surface area contributed by atoms with Gasteiger partial charge in [0.05, 0.1) is 23.1 Å². The number of hydrogen-bond acceptors (Lipinski definition) is 4. The van der Waals surface area contributed by atoms with Crippen molar-refractivity contribution in [1.82, 2.24) is 4.98 Å². The average molecular weight is 274 g/mol. The van der Waals surface area contributed by atoms with E-state index in [9.17, 15) is 0 Å². The molecule has 1 aromatic rings. The zero-order valence-electron chi connectivity index (χ0n) is 13.2. The molecule has 20 heavy (non-hydrogen) atoms. The standard InChI is InChI=1S/C15H23BN2O2/c1-10-12(11(2)18-9-13(10)17)7-8-16-19-14(3,4)15(5,6)20-16/h7-9H,17H2,1-6H3/b8-7+. The SMILES string of the molecule is Cc1ncc(N)c(C)c1/C=C/B1OC(C)(C)C(C)(C)O1. The van der Waals surface area contributed by atoms with E-state index in [0.29, 0.717) is 5.69 Å². The molecule has 0 saturated carbocycles. The van der Waals surface area contributed by atoms with Crippen molar-refractivity contribution in [3.05, 3.63) is 29.0 Å². The van der Waals surface area contributed by atoms with E-state index in [1.54, 1.807) is 6.20 Å². The fourth-order valence-electron chi connectivity index (χ4n) is 2.15. The molecule has 2 heterocycles. The lowest BCUT2D eigenvalue weighted by Crippen LogP contribution is -2.41. The summed E-state index contributed by atoms with van der Waals surface area (Å²) in [5.74, 6) is 1.92. The number of nitrogens with zero attached hydrogens (tertiary/aromatic N) is 1. The molecule has 0 amide bonds. The maximum absolute atomic E-state index is 5.94. The van der Waals surface area contributed by atoms with Crippen molar-refractivity contribution in [3.8, 4) is 0 Å². The second kappa shape index (κ2) is 4.90. The van der Waals surface area contributed by atoms with Gasteiger partial charge in [-0.15, -0.1) is 0 Å². The van der Waals surface area contributed by atoms with Crippen molar-refractivity contribution in [2.24, 2.45) is 0 Å². The number of pyridine rings is 1. The minimum absolute atomic E-state index is 0.319. The fourth-order valence-corrected chi connectivity index (χ4v) is 2.15. The van der Waals surface area contributed by atoms with Crippen LogP contribution in [0.1, 0.15) is 44.5 Å². The zero-order chi connectivity index (χ0) is 15.1. The Morgan fingerprint density at radius 1 is 1.15 bits per heavy atom. The van der Waals surface area contributed by atoms with Crippen LogP contribution in [0.2, 0.25) is 0 Å². The summed E-state index contributed by atoms with van der Waals surface area (Å²) < 4.78 is 11.9. The summed E-state index contributed by atoms with van der Waals surface area (Å²) in [6.45, 7) is 12.1. The third-order valence-electron chi connectivity index (χ3n) is 4.32. The third-order valence-corrected chi connectivity index (χ3v) is 4.32. The van der Waals surface area contributed by atoms with E-state index in [1.165, 1.54) is 0 Å². The molecular formula is C15H23BN2O2. The summed E-state index contributed by atoms with van der Waals surface area (Å²) in [5.41, 5.74) is 8.97. The Kier molecular flexibility index (Phi) is 3.69. The Labute approximate surface area is 121 Å². The summed E-state index contributed by atoms with van der Waals surface area (Å²) in [7, 11) is -0.347. The van der Waals surface area contributed by atoms with Gasteiger partial charge in [0.25, 0.3) is 0 Å². The fraction of sp³-hybridized carbons (Fsp3) is 0.533. The molecule has 2 rings (SSSR count). The predicted octanol–water partition coefficient (Wildman–Crippen LogP) is 2.93. The van der Waals surface area contributed by atoms with E-state index in [0.717, 1.165) is 16.8 Å². The van der Waals surface area contributed by atoms with E-state index in [4.69, 9.17) is 15.0 Å². The average Bonchev–Trinajstić information content (AvgIpc) is 2.53. The quantitative estimate of drug-likeness (QED) is 0.842. The van der Waals surface area contributed by atoms with Gasteiger partial charge in [0, 0.05) is 5.69 Å². The Morgan fingerprint density at radius 3 is 2.25 bits per heavy atom. The first-order chi connectivity index (χ1) is 9.14. The lowest BCUT2D eigenvalue weighted by atomic mass is 9.88. The van der Waals surface area contributed by atoms with Crippen molar-refractivity contribution >= 4 is 18.9 Å². The molecule has 0 aliphatic carbocycles. The minimum atomic E-state index is -0.347. The molecule has 1 aromatic heterocycles. The van der Waals surface area contributed by atoms with E-state index in [1.807, 2.05) is 53.6 Å². The minimum Gasteiger partial charge on any atom is -0.400 e. The van der Waals surface area contributed by atoms with Gasteiger partial charge in [0.2, 0.25) is 0 Å². The molecule has 0 radical (unpaired) electrons. The summed E-state index contributed by atoms with van der Waals surface area (Å²) >= 11 is 0. The van der Waals surface area contributed by atoms with Crippen LogP contribution in [-0.2, 0) is 9.31 Å². The van der Waals surface area contributed by atoms with Gasteiger partial charge in [-0.1, -0.05) is 12.1 Å². The van der Waals surface area contributed by atoms with Crippen LogP contribution in [0, 0.1) is 13.8 Å². The lowest BCUT2D eigenvalue weighted by Gasteiger charge is -2.32. The Hall–Kier alpha value is -1.33. The first-order valence-electron chi connectivity index (χ1n) is 6.89. The Balaban J connectivity index is 2.22. The van der Waals surface area contributed by atoms with Gasteiger partial charge in [0.1, 0.15) is 0 Å². The first kappa shape index (κ1) is 15.1. The molecule has 1 fully saturated rings. The van der Waals surface area contributed by atoms with Gasteiger partial charge >= 0.3 is 7.12 Å². The number of rotatable bonds is 2. The molecule has 0 atom stereocenters. The maximum Gasteiger partial charge on any atom is 0.487 e. The van der Waals surface area contributed by atoms with Crippen LogP contribution in [0.15, 0.2) is 12.2 Å². The van der Waals surface area contributed by atoms with E-state index < -0.39 is 0 Å².